The van der Waals surface area contributed by atoms with Crippen molar-refractivity contribution in [2.45, 2.75) is 45.4 Å². The zero-order valence-electron chi connectivity index (χ0n) is 13.3. The molecule has 3 nitrogen and oxygen atoms in total. The molecule has 3 rings (SSSR count). The van der Waals surface area contributed by atoms with Crippen LogP contribution in [0.4, 0.5) is 0 Å². The Bertz CT molecular complexity index is 616. The highest BCUT2D eigenvalue weighted by Crippen LogP contribution is 2.40. The molecule has 1 fully saturated rings. The van der Waals surface area contributed by atoms with Gasteiger partial charge in [0.25, 0.3) is 0 Å². The largest absolute Gasteiger partial charge is 0.356 e. The number of aromatic nitrogens is 1. The van der Waals surface area contributed by atoms with Gasteiger partial charge in [-0.25, -0.2) is 4.98 Å². The lowest BCUT2D eigenvalue weighted by Gasteiger charge is -2.29. The second kappa shape index (κ2) is 6.78. The van der Waals surface area contributed by atoms with Gasteiger partial charge in [-0.15, -0.1) is 11.3 Å². The lowest BCUT2D eigenvalue weighted by atomic mass is 9.79. The van der Waals surface area contributed by atoms with Gasteiger partial charge in [0.1, 0.15) is 0 Å². The first-order chi connectivity index (χ1) is 10.6. The summed E-state index contributed by atoms with van der Waals surface area (Å²) >= 11 is 1.76. The van der Waals surface area contributed by atoms with Crippen LogP contribution in [0.15, 0.2) is 24.3 Å². The maximum Gasteiger partial charge on any atom is 0.223 e. The van der Waals surface area contributed by atoms with E-state index in [2.05, 4.69) is 37.4 Å². The van der Waals surface area contributed by atoms with Crippen molar-refractivity contribution in [3.05, 3.63) is 29.3 Å². The predicted molar refractivity (Wildman–Crippen MR) is 92.2 cm³/mol. The first kappa shape index (κ1) is 15.5. The Balaban J connectivity index is 1.81. The number of amides is 1. The zero-order valence-corrected chi connectivity index (χ0v) is 14.2. The van der Waals surface area contributed by atoms with Crippen molar-refractivity contribution < 1.29 is 4.79 Å². The molecule has 1 aliphatic carbocycles. The summed E-state index contributed by atoms with van der Waals surface area (Å²) in [4.78, 5) is 17.4. The van der Waals surface area contributed by atoms with Crippen LogP contribution in [-0.2, 0) is 4.79 Å². The maximum absolute atomic E-state index is 12.6. The first-order valence-electron chi connectivity index (χ1n) is 8.28. The van der Waals surface area contributed by atoms with Crippen LogP contribution in [0.3, 0.4) is 0 Å². The van der Waals surface area contributed by atoms with Gasteiger partial charge in [-0.05, 0) is 30.9 Å². The number of carbonyl (C=O) groups is 1. The quantitative estimate of drug-likeness (QED) is 0.911. The summed E-state index contributed by atoms with van der Waals surface area (Å²) in [6, 6.07) is 8.26. The highest BCUT2D eigenvalue weighted by molar-refractivity contribution is 7.18. The second-order valence-corrected chi connectivity index (χ2v) is 7.72. The number of nitrogens with one attached hydrogen (secondary N) is 1. The average molecular weight is 316 g/mol. The fourth-order valence-electron chi connectivity index (χ4n) is 3.22. The van der Waals surface area contributed by atoms with E-state index in [9.17, 15) is 4.79 Å². The van der Waals surface area contributed by atoms with Crippen LogP contribution in [0.2, 0.25) is 0 Å². The van der Waals surface area contributed by atoms with Crippen molar-refractivity contribution >= 4 is 27.5 Å². The van der Waals surface area contributed by atoms with E-state index in [0.29, 0.717) is 11.8 Å². The van der Waals surface area contributed by atoms with Crippen molar-refractivity contribution in [1.29, 1.82) is 0 Å². The van der Waals surface area contributed by atoms with Crippen LogP contribution >= 0.6 is 11.3 Å². The molecule has 2 aromatic rings. The Kier molecular flexibility index (Phi) is 4.77. The smallest absolute Gasteiger partial charge is 0.223 e. The summed E-state index contributed by atoms with van der Waals surface area (Å²) in [6.45, 7) is 5.03. The number of benzene rings is 1. The Hall–Kier alpha value is -1.42. The molecule has 1 aliphatic rings. The third kappa shape index (κ3) is 3.32. The second-order valence-electron chi connectivity index (χ2n) is 6.66. The van der Waals surface area contributed by atoms with E-state index in [4.69, 9.17) is 4.98 Å². The minimum absolute atomic E-state index is 0.0908. The number of carbonyl (C=O) groups excluding carboxylic acids is 1. The predicted octanol–water partition coefficient (Wildman–Crippen LogP) is 4.34. The third-order valence-corrected chi connectivity index (χ3v) is 5.58. The molecule has 1 heterocycles. The number of para-hydroxylation sites is 1. The molecule has 1 amide bonds. The summed E-state index contributed by atoms with van der Waals surface area (Å²) in [6.07, 6.45) is 4.43. The van der Waals surface area contributed by atoms with Crippen LogP contribution in [0.1, 0.15) is 50.5 Å². The molecule has 0 bridgehead atoms. The Morgan fingerprint density at radius 2 is 2.09 bits per heavy atom. The van der Waals surface area contributed by atoms with Crippen molar-refractivity contribution in [1.82, 2.24) is 10.3 Å². The average Bonchev–Trinajstić information content (AvgIpc) is 2.96. The van der Waals surface area contributed by atoms with Gasteiger partial charge in [-0.1, -0.05) is 38.8 Å². The van der Waals surface area contributed by atoms with Crippen molar-refractivity contribution in [2.75, 3.05) is 6.54 Å². The molecule has 22 heavy (non-hydrogen) atoms. The summed E-state index contributed by atoms with van der Waals surface area (Å²) in [7, 11) is 0. The molecule has 1 aromatic heterocycles. The van der Waals surface area contributed by atoms with E-state index in [-0.39, 0.29) is 11.8 Å². The summed E-state index contributed by atoms with van der Waals surface area (Å²) in [5.41, 5.74) is 1.06. The molecule has 118 valence electrons. The van der Waals surface area contributed by atoms with Crippen LogP contribution < -0.4 is 5.32 Å². The van der Waals surface area contributed by atoms with E-state index >= 15 is 0 Å². The molecule has 0 unspecified atom stereocenters. The van der Waals surface area contributed by atoms with E-state index in [1.165, 1.54) is 11.1 Å². The summed E-state index contributed by atoms with van der Waals surface area (Å²) in [5.74, 6) is 1.09. The SMILES string of the molecule is CC(C)CNC(=O)[C@@H]1CCCC[C@@H]1c1nc2ccccc2s1. The van der Waals surface area contributed by atoms with Gasteiger partial charge < -0.3 is 5.32 Å². The summed E-state index contributed by atoms with van der Waals surface area (Å²) in [5, 5.41) is 4.27. The fraction of sp³-hybridized carbons (Fsp3) is 0.556. The highest BCUT2D eigenvalue weighted by Gasteiger charge is 2.33. The number of thiazole rings is 1. The number of rotatable bonds is 4. The normalized spacial score (nSPS) is 22.1. The molecule has 0 aliphatic heterocycles. The van der Waals surface area contributed by atoms with Gasteiger partial charge in [-0.3, -0.25) is 4.79 Å². The van der Waals surface area contributed by atoms with Gasteiger partial charge in [-0.2, -0.15) is 0 Å². The monoisotopic (exact) mass is 316 g/mol. The van der Waals surface area contributed by atoms with Gasteiger partial charge in [0.2, 0.25) is 5.91 Å². The van der Waals surface area contributed by atoms with E-state index in [1.54, 1.807) is 11.3 Å². The lowest BCUT2D eigenvalue weighted by molar-refractivity contribution is -0.126. The van der Waals surface area contributed by atoms with E-state index < -0.39 is 0 Å². The maximum atomic E-state index is 12.6. The zero-order chi connectivity index (χ0) is 15.5. The molecule has 4 heteroatoms. The Morgan fingerprint density at radius 1 is 1.32 bits per heavy atom. The molecular weight excluding hydrogens is 292 g/mol. The van der Waals surface area contributed by atoms with Gasteiger partial charge >= 0.3 is 0 Å². The molecule has 0 spiro atoms. The van der Waals surface area contributed by atoms with Gasteiger partial charge in [0.15, 0.2) is 0 Å². The summed E-state index contributed by atoms with van der Waals surface area (Å²) < 4.78 is 1.23. The van der Waals surface area contributed by atoms with Crippen LogP contribution in [0, 0.1) is 11.8 Å². The van der Waals surface area contributed by atoms with Crippen LogP contribution in [0.5, 0.6) is 0 Å². The molecule has 1 N–H and O–H groups in total. The number of hydrogen-bond donors (Lipinski definition) is 1. The number of nitrogens with zero attached hydrogens (tertiary/aromatic N) is 1. The minimum atomic E-state index is 0.0908. The number of fused-ring (bicyclic) bond motifs is 1. The molecular formula is C18H24N2OS. The number of hydrogen-bond acceptors (Lipinski definition) is 3. The van der Waals surface area contributed by atoms with Crippen molar-refractivity contribution in [2.24, 2.45) is 11.8 Å². The fourth-order valence-corrected chi connectivity index (χ4v) is 4.39. The molecule has 1 aromatic carbocycles. The van der Waals surface area contributed by atoms with Crippen molar-refractivity contribution in [3.63, 3.8) is 0 Å². The van der Waals surface area contributed by atoms with Crippen LogP contribution in [-0.4, -0.2) is 17.4 Å². The molecule has 0 saturated heterocycles. The molecule has 1 saturated carbocycles. The molecule has 0 radical (unpaired) electrons. The third-order valence-electron chi connectivity index (χ3n) is 4.41. The van der Waals surface area contributed by atoms with Crippen molar-refractivity contribution in [3.8, 4) is 0 Å². The first-order valence-corrected chi connectivity index (χ1v) is 9.10. The Labute approximate surface area is 136 Å². The van der Waals surface area contributed by atoms with Gasteiger partial charge in [0, 0.05) is 18.4 Å². The standard InChI is InChI=1S/C18H24N2OS/c1-12(2)11-19-17(21)13-7-3-4-8-14(13)18-20-15-9-5-6-10-16(15)22-18/h5-6,9-10,12-14H,3-4,7-8,11H2,1-2H3,(H,19,21)/t13-,14+/m1/s1. The van der Waals surface area contributed by atoms with Gasteiger partial charge in [0.05, 0.1) is 15.2 Å². The topological polar surface area (TPSA) is 42.0 Å². The molecule has 2 atom stereocenters. The van der Waals surface area contributed by atoms with E-state index in [0.717, 1.165) is 36.3 Å². The lowest BCUT2D eigenvalue weighted by Crippen LogP contribution is -2.37. The van der Waals surface area contributed by atoms with E-state index in [1.807, 2.05) is 6.07 Å². The Morgan fingerprint density at radius 3 is 2.86 bits per heavy atom. The highest BCUT2D eigenvalue weighted by atomic mass is 32.1. The minimum Gasteiger partial charge on any atom is -0.356 e. The van der Waals surface area contributed by atoms with Crippen LogP contribution in [0.25, 0.3) is 10.2 Å².